The van der Waals surface area contributed by atoms with E-state index in [4.69, 9.17) is 37.4 Å². The number of allylic oxidation sites excluding steroid dienone is 4. The Balaban J connectivity index is 4.31. The fraction of sp³-hybridized carbons (Fsp3) is 0.889. The van der Waals surface area contributed by atoms with Crippen molar-refractivity contribution in [3.8, 4) is 0 Å². The second-order valence-electron chi connectivity index (χ2n) is 11.6. The van der Waals surface area contributed by atoms with Gasteiger partial charge in [0.25, 0.3) is 0 Å². The molecule has 0 heterocycles. The molecular weight excluding hydrogens is 551 g/mol. The highest BCUT2D eigenvalue weighted by Crippen LogP contribution is 2.16. The zero-order valence-electron chi connectivity index (χ0n) is 27.2. The van der Waals surface area contributed by atoms with Gasteiger partial charge in [-0.25, -0.2) is 0 Å². The van der Waals surface area contributed by atoms with Crippen LogP contribution in [0, 0.1) is 0 Å². The number of hydrogen-bond acceptors (Lipinski definition) is 3. The summed E-state index contributed by atoms with van der Waals surface area (Å²) in [7, 11) is 0. The molecule has 2 unspecified atom stereocenters. The number of halogens is 2. The molecule has 0 aromatic heterocycles. The highest BCUT2D eigenvalue weighted by atomic mass is 35.5. The van der Waals surface area contributed by atoms with Crippen LogP contribution < -0.4 is 0 Å². The molecule has 2 atom stereocenters. The summed E-state index contributed by atoms with van der Waals surface area (Å²) in [5.41, 5.74) is 0. The molecule has 0 N–H and O–H groups in total. The van der Waals surface area contributed by atoms with Crippen molar-refractivity contribution in [2.45, 2.75) is 180 Å². The maximum absolute atomic E-state index is 6.18. The van der Waals surface area contributed by atoms with Crippen LogP contribution in [0.5, 0.6) is 0 Å². The molecule has 0 fully saturated rings. The minimum absolute atomic E-state index is 0.269. The Morgan fingerprint density at radius 1 is 0.439 bits per heavy atom. The molecule has 0 saturated heterocycles. The summed E-state index contributed by atoms with van der Waals surface area (Å²) in [6, 6.07) is 0. The maximum atomic E-state index is 6.18. The van der Waals surface area contributed by atoms with E-state index in [1.807, 2.05) is 0 Å². The number of ether oxygens (including phenoxy) is 3. The Bertz CT molecular complexity index is 495. The smallest absolute Gasteiger partial charge is 0.149 e. The number of rotatable bonds is 34. The lowest BCUT2D eigenvalue weighted by Crippen LogP contribution is -2.19. The molecule has 0 rings (SSSR count). The van der Waals surface area contributed by atoms with E-state index >= 15 is 0 Å². The first-order valence-electron chi connectivity index (χ1n) is 17.5. The van der Waals surface area contributed by atoms with Gasteiger partial charge < -0.3 is 14.2 Å². The Labute approximate surface area is 266 Å². The lowest BCUT2D eigenvalue weighted by atomic mass is 10.0. The van der Waals surface area contributed by atoms with Crippen molar-refractivity contribution in [2.24, 2.45) is 0 Å². The van der Waals surface area contributed by atoms with Crippen LogP contribution in [0.2, 0.25) is 0 Å². The molecule has 3 nitrogen and oxygen atoms in total. The van der Waals surface area contributed by atoms with Crippen LogP contribution in [-0.4, -0.2) is 37.6 Å². The van der Waals surface area contributed by atoms with Gasteiger partial charge in [0.05, 0.1) is 12.2 Å². The summed E-state index contributed by atoms with van der Waals surface area (Å²) in [5.74, 6) is 1.58. The van der Waals surface area contributed by atoms with Crippen molar-refractivity contribution in [2.75, 3.05) is 25.3 Å². The van der Waals surface area contributed by atoms with Crippen LogP contribution in [0.4, 0.5) is 0 Å². The van der Waals surface area contributed by atoms with Gasteiger partial charge in [-0.3, -0.25) is 0 Å². The molecule has 0 aliphatic heterocycles. The van der Waals surface area contributed by atoms with Gasteiger partial charge in [0, 0.05) is 11.8 Å². The highest BCUT2D eigenvalue weighted by Gasteiger charge is 2.11. The molecule has 244 valence electrons. The molecule has 0 saturated carbocycles. The molecule has 41 heavy (non-hydrogen) atoms. The lowest BCUT2D eigenvalue weighted by molar-refractivity contribution is -0.167. The van der Waals surface area contributed by atoms with Crippen LogP contribution in [0.3, 0.4) is 0 Å². The summed E-state index contributed by atoms with van der Waals surface area (Å²) in [5, 5.41) is 0. The van der Waals surface area contributed by atoms with E-state index in [2.05, 4.69) is 38.2 Å². The van der Waals surface area contributed by atoms with Crippen LogP contribution in [-0.2, 0) is 14.2 Å². The normalized spacial score (nSPS) is 13.6. The molecule has 0 aromatic rings. The second-order valence-corrected chi connectivity index (χ2v) is 12.4. The van der Waals surface area contributed by atoms with Gasteiger partial charge >= 0.3 is 0 Å². The van der Waals surface area contributed by atoms with Gasteiger partial charge in [-0.1, -0.05) is 115 Å². The predicted molar refractivity (Wildman–Crippen MR) is 182 cm³/mol. The van der Waals surface area contributed by atoms with E-state index in [0.717, 1.165) is 63.1 Å². The van der Waals surface area contributed by atoms with Crippen molar-refractivity contribution in [1.29, 1.82) is 0 Å². The van der Waals surface area contributed by atoms with Gasteiger partial charge in [-0.05, 0) is 77.0 Å². The van der Waals surface area contributed by atoms with Crippen LogP contribution in [0.1, 0.15) is 168 Å². The van der Waals surface area contributed by atoms with Crippen molar-refractivity contribution >= 4 is 23.2 Å². The molecule has 5 heteroatoms. The lowest BCUT2D eigenvalue weighted by Gasteiger charge is -2.20. The second kappa shape index (κ2) is 36.1. The number of unbranched alkanes of at least 4 members (excludes halogenated alkanes) is 14. The van der Waals surface area contributed by atoms with Gasteiger partial charge in [0.1, 0.15) is 13.6 Å². The van der Waals surface area contributed by atoms with E-state index in [1.165, 1.54) is 103 Å². The van der Waals surface area contributed by atoms with Gasteiger partial charge in [-0.15, -0.1) is 23.2 Å². The Morgan fingerprint density at radius 3 is 1.24 bits per heavy atom. The molecule has 0 aliphatic rings. The Kier molecular flexibility index (Phi) is 36.1. The third-order valence-corrected chi connectivity index (χ3v) is 8.22. The van der Waals surface area contributed by atoms with Gasteiger partial charge in [0.2, 0.25) is 0 Å². The van der Waals surface area contributed by atoms with E-state index in [-0.39, 0.29) is 12.2 Å². The largest absolute Gasteiger partial charge is 0.352 e. The SMILES string of the molecule is CCCCCCC(CCC=CCCCCCCCl)OCOCOC(CCC=CCCCCCCCl)CCCCCC. The molecule has 0 aliphatic carbocycles. The summed E-state index contributed by atoms with van der Waals surface area (Å²) in [6.45, 7) is 5.19. The fourth-order valence-electron chi connectivity index (χ4n) is 5.00. The quantitative estimate of drug-likeness (QED) is 0.0310. The Morgan fingerprint density at radius 2 is 0.829 bits per heavy atom. The number of hydrogen-bond donors (Lipinski definition) is 0. The minimum atomic E-state index is 0.269. The molecule has 0 aromatic carbocycles. The molecular formula is C36H68Cl2O3. The topological polar surface area (TPSA) is 27.7 Å². The zero-order valence-corrected chi connectivity index (χ0v) is 28.8. The van der Waals surface area contributed by atoms with E-state index in [1.54, 1.807) is 0 Å². The first-order valence-corrected chi connectivity index (χ1v) is 18.6. The first kappa shape index (κ1) is 40.9. The van der Waals surface area contributed by atoms with Crippen LogP contribution in [0.25, 0.3) is 0 Å². The summed E-state index contributed by atoms with van der Waals surface area (Å²) in [6.07, 6.45) is 38.9. The average Bonchev–Trinajstić information content (AvgIpc) is 2.98. The van der Waals surface area contributed by atoms with Crippen molar-refractivity contribution in [3.63, 3.8) is 0 Å². The zero-order chi connectivity index (χ0) is 29.9. The van der Waals surface area contributed by atoms with Crippen molar-refractivity contribution in [1.82, 2.24) is 0 Å². The highest BCUT2D eigenvalue weighted by molar-refractivity contribution is 6.18. The Hall–Kier alpha value is -0.0600. The van der Waals surface area contributed by atoms with E-state index in [0.29, 0.717) is 13.6 Å². The van der Waals surface area contributed by atoms with Gasteiger partial charge in [0.15, 0.2) is 0 Å². The third kappa shape index (κ3) is 32.7. The monoisotopic (exact) mass is 618 g/mol. The van der Waals surface area contributed by atoms with E-state index in [9.17, 15) is 0 Å². The molecule has 0 radical (unpaired) electrons. The average molecular weight is 620 g/mol. The molecule has 0 amide bonds. The summed E-state index contributed by atoms with van der Waals surface area (Å²) >= 11 is 11.5. The van der Waals surface area contributed by atoms with Crippen molar-refractivity contribution in [3.05, 3.63) is 24.3 Å². The fourth-order valence-corrected chi connectivity index (χ4v) is 5.38. The number of alkyl halides is 2. The standard InChI is InChI=1S/C36H68Cl2O3/c1-3-5-7-21-27-35(29-23-17-13-9-11-15-19-25-31-37)40-33-39-34-41-36(28-22-8-6-4-2)30-24-18-14-10-12-16-20-26-32-38/h13-14,17-18,35-36H,3-12,15-16,19-34H2,1-2H3. The summed E-state index contributed by atoms with van der Waals surface area (Å²) in [4.78, 5) is 0. The first-order chi connectivity index (χ1) is 20.3. The minimum Gasteiger partial charge on any atom is -0.352 e. The van der Waals surface area contributed by atoms with Crippen LogP contribution >= 0.6 is 23.2 Å². The van der Waals surface area contributed by atoms with Gasteiger partial charge in [-0.2, -0.15) is 0 Å². The predicted octanol–water partition coefficient (Wildman–Crippen LogP) is 12.7. The molecule has 0 bridgehead atoms. The van der Waals surface area contributed by atoms with Crippen molar-refractivity contribution < 1.29 is 14.2 Å². The maximum Gasteiger partial charge on any atom is 0.149 e. The molecule has 0 spiro atoms. The third-order valence-electron chi connectivity index (χ3n) is 7.69. The summed E-state index contributed by atoms with van der Waals surface area (Å²) < 4.78 is 18.2. The van der Waals surface area contributed by atoms with Crippen LogP contribution in [0.15, 0.2) is 24.3 Å². The van der Waals surface area contributed by atoms with E-state index < -0.39 is 0 Å².